The third-order valence-corrected chi connectivity index (χ3v) is 8.04. The number of nitrogens with zero attached hydrogens (tertiary/aromatic N) is 2. The predicted molar refractivity (Wildman–Crippen MR) is 153 cm³/mol. The number of aromatic amines is 1. The molecule has 2 aliphatic rings. The van der Waals surface area contributed by atoms with Crippen LogP contribution in [-0.2, 0) is 11.2 Å². The molecular weight excluding hydrogens is 488 g/mol. The molecule has 2 aliphatic heterocycles. The van der Waals surface area contributed by atoms with Gasteiger partial charge in [-0.1, -0.05) is 48.5 Å². The topological polar surface area (TPSA) is 77.7 Å². The van der Waals surface area contributed by atoms with E-state index in [0.717, 1.165) is 67.0 Å². The molecule has 0 atom stereocenters. The van der Waals surface area contributed by atoms with Gasteiger partial charge in [-0.3, -0.25) is 9.59 Å². The van der Waals surface area contributed by atoms with Gasteiger partial charge in [-0.2, -0.15) is 0 Å². The summed E-state index contributed by atoms with van der Waals surface area (Å²) in [6.07, 6.45) is 4.80. The largest absolute Gasteiger partial charge is 0.482 e. The van der Waals surface area contributed by atoms with E-state index in [1.54, 1.807) is 0 Å². The van der Waals surface area contributed by atoms with Gasteiger partial charge in [-0.15, -0.1) is 0 Å². The lowest BCUT2D eigenvalue weighted by Gasteiger charge is -2.35. The third-order valence-electron chi connectivity index (χ3n) is 8.04. The minimum atomic E-state index is -0.00244. The normalized spacial score (nSPS) is 16.2. The summed E-state index contributed by atoms with van der Waals surface area (Å²) in [5.41, 5.74) is 5.11. The lowest BCUT2D eigenvalue weighted by Crippen LogP contribution is -2.45. The van der Waals surface area contributed by atoms with E-state index in [1.807, 2.05) is 65.7 Å². The number of likely N-dealkylation sites (tertiary alicyclic amines) is 1. The zero-order chi connectivity index (χ0) is 26.6. The first kappa shape index (κ1) is 25.2. The second-order valence-electron chi connectivity index (χ2n) is 10.4. The summed E-state index contributed by atoms with van der Waals surface area (Å²) in [7, 11) is 0. The first-order valence-electron chi connectivity index (χ1n) is 13.8. The zero-order valence-corrected chi connectivity index (χ0v) is 22.1. The molecule has 200 valence electrons. The molecule has 3 heterocycles. The molecule has 0 saturated carbocycles. The number of para-hydroxylation sites is 3. The van der Waals surface area contributed by atoms with Crippen LogP contribution >= 0.6 is 0 Å². The molecule has 6 rings (SSSR count). The molecule has 2 amide bonds. The minimum Gasteiger partial charge on any atom is -0.482 e. The minimum absolute atomic E-state index is 0.00244. The number of hydrogen-bond acceptors (Lipinski definition) is 4. The Labute approximate surface area is 228 Å². The number of rotatable bonds is 8. The van der Waals surface area contributed by atoms with Crippen molar-refractivity contribution in [3.8, 4) is 5.75 Å². The number of piperidine rings is 1. The van der Waals surface area contributed by atoms with Crippen molar-refractivity contribution in [3.05, 3.63) is 95.7 Å². The molecule has 7 heteroatoms. The monoisotopic (exact) mass is 522 g/mol. The van der Waals surface area contributed by atoms with Crippen LogP contribution in [-0.4, -0.2) is 61.0 Å². The Morgan fingerprint density at radius 2 is 1.72 bits per heavy atom. The van der Waals surface area contributed by atoms with Crippen LogP contribution in [0.5, 0.6) is 5.75 Å². The molecule has 2 N–H and O–H groups in total. The van der Waals surface area contributed by atoms with Crippen LogP contribution in [0, 0.1) is 0 Å². The number of anilines is 1. The second kappa shape index (κ2) is 11.3. The van der Waals surface area contributed by atoms with Crippen molar-refractivity contribution in [2.24, 2.45) is 0 Å². The maximum Gasteiger partial charge on any atom is 0.265 e. The number of amides is 2. The molecule has 1 fully saturated rings. The zero-order valence-electron chi connectivity index (χ0n) is 22.1. The first-order chi connectivity index (χ1) is 19.2. The lowest BCUT2D eigenvalue weighted by atomic mass is 9.86. The van der Waals surface area contributed by atoms with Crippen molar-refractivity contribution in [2.75, 3.05) is 44.2 Å². The van der Waals surface area contributed by atoms with Gasteiger partial charge in [0.05, 0.1) is 5.69 Å². The van der Waals surface area contributed by atoms with E-state index >= 15 is 0 Å². The number of H-pyrrole nitrogens is 1. The molecular formula is C32H34N4O3. The van der Waals surface area contributed by atoms with Gasteiger partial charge in [-0.25, -0.2) is 0 Å². The fourth-order valence-corrected chi connectivity index (χ4v) is 5.91. The standard InChI is InChI=1S/C32H34N4O3/c37-31-22-39-30-12-6-5-11-29(30)36(31)20-19-35-17-14-23(15-18-35)25-7-1-2-9-27(25)32(38)33-16-13-24-21-34-28-10-4-3-8-26(24)28/h1-12,21,23,34H,13-20,22H2,(H,33,38). The van der Waals surface area contributed by atoms with Crippen molar-refractivity contribution in [1.29, 1.82) is 0 Å². The molecule has 0 bridgehead atoms. The number of benzene rings is 3. The van der Waals surface area contributed by atoms with E-state index in [1.165, 1.54) is 10.9 Å². The number of carbonyl (C=O) groups is 2. The smallest absolute Gasteiger partial charge is 0.265 e. The number of carbonyl (C=O) groups excluding carboxylic acids is 2. The van der Waals surface area contributed by atoms with E-state index in [-0.39, 0.29) is 18.4 Å². The third kappa shape index (κ3) is 5.40. The molecule has 4 aromatic rings. The number of fused-ring (bicyclic) bond motifs is 2. The van der Waals surface area contributed by atoms with E-state index in [4.69, 9.17) is 4.74 Å². The van der Waals surface area contributed by atoms with Crippen LogP contribution in [0.2, 0.25) is 0 Å². The highest BCUT2D eigenvalue weighted by Gasteiger charge is 2.28. The fraction of sp³-hybridized carbons (Fsp3) is 0.312. The summed E-state index contributed by atoms with van der Waals surface area (Å²) in [6.45, 7) is 4.06. The van der Waals surface area contributed by atoms with Crippen LogP contribution in [0.25, 0.3) is 10.9 Å². The quantitative estimate of drug-likeness (QED) is 0.350. The van der Waals surface area contributed by atoms with Crippen molar-refractivity contribution in [3.63, 3.8) is 0 Å². The molecule has 0 radical (unpaired) electrons. The second-order valence-corrected chi connectivity index (χ2v) is 10.4. The Morgan fingerprint density at radius 1 is 0.949 bits per heavy atom. The van der Waals surface area contributed by atoms with E-state index in [0.29, 0.717) is 19.0 Å². The van der Waals surface area contributed by atoms with Gasteiger partial charge in [0.25, 0.3) is 11.8 Å². The number of nitrogens with one attached hydrogen (secondary N) is 2. The maximum absolute atomic E-state index is 13.2. The van der Waals surface area contributed by atoms with E-state index in [2.05, 4.69) is 33.4 Å². The van der Waals surface area contributed by atoms with Crippen LogP contribution in [0.15, 0.2) is 79.0 Å². The van der Waals surface area contributed by atoms with Crippen LogP contribution in [0.4, 0.5) is 5.69 Å². The summed E-state index contributed by atoms with van der Waals surface area (Å²) >= 11 is 0. The molecule has 0 spiro atoms. The highest BCUT2D eigenvalue weighted by atomic mass is 16.5. The number of ether oxygens (including phenoxy) is 1. The van der Waals surface area contributed by atoms with Gasteiger partial charge < -0.3 is 24.8 Å². The predicted octanol–water partition coefficient (Wildman–Crippen LogP) is 4.75. The van der Waals surface area contributed by atoms with Gasteiger partial charge in [0.1, 0.15) is 5.75 Å². The van der Waals surface area contributed by atoms with E-state index in [9.17, 15) is 9.59 Å². The summed E-state index contributed by atoms with van der Waals surface area (Å²) in [6, 6.07) is 24.0. The molecule has 3 aromatic carbocycles. The number of aromatic nitrogens is 1. The first-order valence-corrected chi connectivity index (χ1v) is 13.8. The molecule has 39 heavy (non-hydrogen) atoms. The van der Waals surface area contributed by atoms with Crippen molar-refractivity contribution in [2.45, 2.75) is 25.2 Å². The fourth-order valence-electron chi connectivity index (χ4n) is 5.91. The maximum atomic E-state index is 13.2. The average molecular weight is 523 g/mol. The molecule has 0 aliphatic carbocycles. The average Bonchev–Trinajstić information content (AvgIpc) is 3.40. The molecule has 1 aromatic heterocycles. The Bertz CT molecular complexity index is 1470. The molecule has 1 saturated heterocycles. The van der Waals surface area contributed by atoms with Gasteiger partial charge >= 0.3 is 0 Å². The Morgan fingerprint density at radius 3 is 2.62 bits per heavy atom. The highest BCUT2D eigenvalue weighted by Crippen LogP contribution is 2.33. The van der Waals surface area contributed by atoms with Crippen LogP contribution in [0.1, 0.15) is 40.2 Å². The van der Waals surface area contributed by atoms with Gasteiger partial charge in [0.15, 0.2) is 6.61 Å². The Balaban J connectivity index is 1.03. The SMILES string of the molecule is O=C(NCCc1c[nH]c2ccccc12)c1ccccc1C1CCN(CCN2C(=O)COc3ccccc32)CC1. The summed E-state index contributed by atoms with van der Waals surface area (Å²) < 4.78 is 5.57. The van der Waals surface area contributed by atoms with Gasteiger partial charge in [0, 0.05) is 42.3 Å². The Hall–Kier alpha value is -4.10. The van der Waals surface area contributed by atoms with Crippen LogP contribution in [0.3, 0.4) is 0 Å². The van der Waals surface area contributed by atoms with Crippen molar-refractivity contribution < 1.29 is 14.3 Å². The summed E-state index contributed by atoms with van der Waals surface area (Å²) in [5, 5.41) is 4.36. The lowest BCUT2D eigenvalue weighted by molar-refractivity contribution is -0.121. The van der Waals surface area contributed by atoms with E-state index < -0.39 is 0 Å². The van der Waals surface area contributed by atoms with Crippen molar-refractivity contribution in [1.82, 2.24) is 15.2 Å². The van der Waals surface area contributed by atoms with Crippen LogP contribution < -0.4 is 15.0 Å². The number of hydrogen-bond donors (Lipinski definition) is 2. The summed E-state index contributed by atoms with van der Waals surface area (Å²) in [4.78, 5) is 33.3. The van der Waals surface area contributed by atoms with Gasteiger partial charge in [-0.05, 0) is 73.7 Å². The van der Waals surface area contributed by atoms with Gasteiger partial charge in [0.2, 0.25) is 0 Å². The Kier molecular flexibility index (Phi) is 7.32. The highest BCUT2D eigenvalue weighted by molar-refractivity contribution is 5.98. The summed E-state index contributed by atoms with van der Waals surface area (Å²) in [5.74, 6) is 1.13. The molecule has 7 nitrogen and oxygen atoms in total. The van der Waals surface area contributed by atoms with Crippen molar-refractivity contribution >= 4 is 28.4 Å². The molecule has 0 unspecified atom stereocenters.